The molecule has 2 rings (SSSR count). The summed E-state index contributed by atoms with van der Waals surface area (Å²) in [6, 6.07) is 7.40. The largest absolute Gasteiger partial charge is 0.493 e. The molecule has 21 heavy (non-hydrogen) atoms. The molecular weight excluding hydrogens is 264 g/mol. The van der Waals surface area contributed by atoms with Crippen LogP contribution in [-0.4, -0.2) is 32.1 Å². The van der Waals surface area contributed by atoms with E-state index in [1.807, 2.05) is 24.3 Å². The van der Waals surface area contributed by atoms with E-state index in [4.69, 9.17) is 4.74 Å². The number of rotatable bonds is 7. The number of hydrogen-bond donors (Lipinski definition) is 2. The molecule has 0 aliphatic carbocycles. The van der Waals surface area contributed by atoms with Crippen molar-refractivity contribution in [3.63, 3.8) is 0 Å². The number of hydrogen-bond acceptors (Lipinski definition) is 3. The van der Waals surface area contributed by atoms with Crippen LogP contribution in [0.1, 0.15) is 37.0 Å². The van der Waals surface area contributed by atoms with E-state index in [0.717, 1.165) is 31.8 Å². The Kier molecular flexibility index (Phi) is 6.05. The van der Waals surface area contributed by atoms with Crippen LogP contribution in [0, 0.1) is 11.8 Å². The van der Waals surface area contributed by atoms with Gasteiger partial charge in [0.15, 0.2) is 0 Å². The van der Waals surface area contributed by atoms with E-state index in [9.17, 15) is 4.79 Å². The van der Waals surface area contributed by atoms with Crippen LogP contribution in [-0.2, 0) is 0 Å². The van der Waals surface area contributed by atoms with Crippen LogP contribution >= 0.6 is 0 Å². The number of ether oxygens (including phenoxy) is 1. The van der Waals surface area contributed by atoms with Gasteiger partial charge in [0.05, 0.1) is 6.61 Å². The molecule has 0 bridgehead atoms. The van der Waals surface area contributed by atoms with E-state index >= 15 is 0 Å². The number of amides is 1. The smallest absolute Gasteiger partial charge is 0.251 e. The van der Waals surface area contributed by atoms with Gasteiger partial charge >= 0.3 is 0 Å². The molecule has 0 aromatic heterocycles. The van der Waals surface area contributed by atoms with Crippen LogP contribution in [0.5, 0.6) is 5.75 Å². The van der Waals surface area contributed by atoms with Gasteiger partial charge in [-0.1, -0.05) is 19.9 Å². The lowest BCUT2D eigenvalue weighted by atomic mass is 10.1. The first-order valence-electron chi connectivity index (χ1n) is 7.87. The van der Waals surface area contributed by atoms with Gasteiger partial charge in [-0.25, -0.2) is 0 Å². The zero-order valence-electron chi connectivity index (χ0n) is 13.0. The Balaban J connectivity index is 1.79. The van der Waals surface area contributed by atoms with E-state index in [-0.39, 0.29) is 5.91 Å². The van der Waals surface area contributed by atoms with Crippen LogP contribution in [0.3, 0.4) is 0 Å². The summed E-state index contributed by atoms with van der Waals surface area (Å²) >= 11 is 0. The number of nitrogens with one attached hydrogen (secondary N) is 2. The van der Waals surface area contributed by atoms with Crippen molar-refractivity contribution in [2.75, 3.05) is 26.2 Å². The first-order chi connectivity index (χ1) is 10.1. The number of carbonyl (C=O) groups is 1. The second-order valence-corrected chi connectivity index (χ2v) is 6.14. The van der Waals surface area contributed by atoms with Gasteiger partial charge in [0.25, 0.3) is 5.91 Å². The lowest BCUT2D eigenvalue weighted by Gasteiger charge is -2.11. The molecule has 0 spiro atoms. The Morgan fingerprint density at radius 3 is 3.05 bits per heavy atom. The summed E-state index contributed by atoms with van der Waals surface area (Å²) in [6.07, 6.45) is 2.26. The van der Waals surface area contributed by atoms with Crippen molar-refractivity contribution in [1.29, 1.82) is 0 Å². The fourth-order valence-corrected chi connectivity index (χ4v) is 2.44. The van der Waals surface area contributed by atoms with Gasteiger partial charge in [-0.15, -0.1) is 0 Å². The van der Waals surface area contributed by atoms with Crippen LogP contribution in [0.2, 0.25) is 0 Å². The third-order valence-electron chi connectivity index (χ3n) is 3.68. The van der Waals surface area contributed by atoms with Crippen LogP contribution in [0.25, 0.3) is 0 Å². The monoisotopic (exact) mass is 290 g/mol. The molecule has 0 radical (unpaired) electrons. The quantitative estimate of drug-likeness (QED) is 0.811. The second kappa shape index (κ2) is 8.03. The van der Waals surface area contributed by atoms with Crippen LogP contribution in [0.4, 0.5) is 0 Å². The molecule has 0 saturated carbocycles. The van der Waals surface area contributed by atoms with Crippen molar-refractivity contribution in [1.82, 2.24) is 10.6 Å². The minimum atomic E-state index is -0.0176. The summed E-state index contributed by atoms with van der Waals surface area (Å²) in [5.41, 5.74) is 0.667. The topological polar surface area (TPSA) is 50.4 Å². The summed E-state index contributed by atoms with van der Waals surface area (Å²) < 4.78 is 5.66. The summed E-state index contributed by atoms with van der Waals surface area (Å²) in [7, 11) is 0. The van der Waals surface area contributed by atoms with E-state index < -0.39 is 0 Å². The van der Waals surface area contributed by atoms with Crippen molar-refractivity contribution in [2.24, 2.45) is 11.8 Å². The van der Waals surface area contributed by atoms with Gasteiger partial charge < -0.3 is 15.4 Å². The zero-order valence-corrected chi connectivity index (χ0v) is 13.0. The van der Waals surface area contributed by atoms with Gasteiger partial charge in [0, 0.05) is 12.1 Å². The molecule has 4 heteroatoms. The van der Waals surface area contributed by atoms with E-state index in [2.05, 4.69) is 24.5 Å². The average Bonchev–Trinajstić information content (AvgIpc) is 2.98. The van der Waals surface area contributed by atoms with Crippen LogP contribution < -0.4 is 15.4 Å². The molecule has 1 atom stereocenters. The lowest BCUT2D eigenvalue weighted by Crippen LogP contribution is -2.26. The predicted molar refractivity (Wildman–Crippen MR) is 84.7 cm³/mol. The Labute approximate surface area is 127 Å². The molecule has 1 aliphatic heterocycles. The molecule has 1 aliphatic rings. The summed E-state index contributed by atoms with van der Waals surface area (Å²) in [6.45, 7) is 7.80. The molecule has 1 unspecified atom stereocenters. The maximum Gasteiger partial charge on any atom is 0.251 e. The fraction of sp³-hybridized carbons (Fsp3) is 0.588. The standard InChI is InChI=1S/C17H26N2O2/c1-13(2)12-21-16-5-3-4-15(10-16)17(20)19-9-7-14-6-8-18-11-14/h3-5,10,13-14,18H,6-9,11-12H2,1-2H3,(H,19,20). The number of benzene rings is 1. The first-order valence-corrected chi connectivity index (χ1v) is 7.87. The molecule has 1 aromatic carbocycles. The SMILES string of the molecule is CC(C)COc1cccc(C(=O)NCCC2CCNC2)c1. The minimum absolute atomic E-state index is 0.0176. The molecule has 2 N–H and O–H groups in total. The summed E-state index contributed by atoms with van der Waals surface area (Å²) in [5, 5.41) is 6.34. The van der Waals surface area contributed by atoms with Gasteiger partial charge in [-0.2, -0.15) is 0 Å². The lowest BCUT2D eigenvalue weighted by molar-refractivity contribution is 0.0951. The molecule has 1 aromatic rings. The van der Waals surface area contributed by atoms with Crippen molar-refractivity contribution >= 4 is 5.91 Å². The van der Waals surface area contributed by atoms with Crippen molar-refractivity contribution < 1.29 is 9.53 Å². The summed E-state index contributed by atoms with van der Waals surface area (Å²) in [4.78, 5) is 12.1. The minimum Gasteiger partial charge on any atom is -0.493 e. The normalized spacial score (nSPS) is 18.0. The zero-order chi connectivity index (χ0) is 15.1. The Morgan fingerprint density at radius 2 is 2.33 bits per heavy atom. The Morgan fingerprint density at radius 1 is 1.48 bits per heavy atom. The van der Waals surface area contributed by atoms with Crippen molar-refractivity contribution in [3.8, 4) is 5.75 Å². The Hall–Kier alpha value is -1.55. The highest BCUT2D eigenvalue weighted by molar-refractivity contribution is 5.94. The van der Waals surface area contributed by atoms with Gasteiger partial charge in [0.1, 0.15) is 5.75 Å². The molecule has 1 saturated heterocycles. The summed E-state index contributed by atoms with van der Waals surface area (Å²) in [5.74, 6) is 1.92. The van der Waals surface area contributed by atoms with Gasteiger partial charge in [-0.3, -0.25) is 4.79 Å². The van der Waals surface area contributed by atoms with E-state index in [0.29, 0.717) is 24.0 Å². The molecule has 4 nitrogen and oxygen atoms in total. The number of carbonyl (C=O) groups excluding carboxylic acids is 1. The third kappa shape index (κ3) is 5.38. The molecule has 116 valence electrons. The van der Waals surface area contributed by atoms with E-state index in [1.54, 1.807) is 0 Å². The van der Waals surface area contributed by atoms with Gasteiger partial charge in [0.2, 0.25) is 0 Å². The second-order valence-electron chi connectivity index (χ2n) is 6.14. The predicted octanol–water partition coefficient (Wildman–Crippen LogP) is 2.45. The van der Waals surface area contributed by atoms with E-state index in [1.165, 1.54) is 6.42 Å². The van der Waals surface area contributed by atoms with Crippen molar-refractivity contribution in [2.45, 2.75) is 26.7 Å². The average molecular weight is 290 g/mol. The van der Waals surface area contributed by atoms with Gasteiger partial charge in [-0.05, 0) is 56.0 Å². The highest BCUT2D eigenvalue weighted by Crippen LogP contribution is 2.15. The maximum atomic E-state index is 12.1. The maximum absolute atomic E-state index is 12.1. The fourth-order valence-electron chi connectivity index (χ4n) is 2.44. The third-order valence-corrected chi connectivity index (χ3v) is 3.68. The highest BCUT2D eigenvalue weighted by Gasteiger charge is 2.14. The highest BCUT2D eigenvalue weighted by atomic mass is 16.5. The molecule has 1 fully saturated rings. The molecule has 1 amide bonds. The first kappa shape index (κ1) is 15.8. The molecular formula is C17H26N2O2. The Bertz CT molecular complexity index is 454. The van der Waals surface area contributed by atoms with Crippen molar-refractivity contribution in [3.05, 3.63) is 29.8 Å². The van der Waals surface area contributed by atoms with Crippen LogP contribution in [0.15, 0.2) is 24.3 Å². The molecule has 1 heterocycles.